The summed E-state index contributed by atoms with van der Waals surface area (Å²) in [6.07, 6.45) is 4.82. The molecule has 2 heterocycles. The van der Waals surface area contributed by atoms with Crippen LogP contribution in [-0.2, 0) is 0 Å². The Morgan fingerprint density at radius 1 is 1.12 bits per heavy atom. The molecule has 84 valence electrons. The van der Waals surface area contributed by atoms with Gasteiger partial charge in [-0.05, 0) is 49.6 Å². The maximum Gasteiger partial charge on any atom is 0.127 e. The number of rotatable bonds is 1. The molecule has 0 radical (unpaired) electrons. The molecule has 0 unspecified atom stereocenters. The minimum absolute atomic E-state index is 0.717. The van der Waals surface area contributed by atoms with Crippen molar-refractivity contribution < 1.29 is 4.74 Å². The van der Waals surface area contributed by atoms with Gasteiger partial charge in [-0.3, -0.25) is 0 Å². The Hall–Kier alpha value is -1.28. The molecule has 0 atom stereocenters. The molecule has 1 aromatic rings. The van der Waals surface area contributed by atoms with E-state index in [2.05, 4.69) is 23.5 Å². The van der Waals surface area contributed by atoms with Gasteiger partial charge >= 0.3 is 0 Å². The Morgan fingerprint density at radius 2 is 1.94 bits per heavy atom. The van der Waals surface area contributed by atoms with Crippen LogP contribution in [0.15, 0.2) is 29.8 Å². The highest BCUT2D eigenvalue weighted by molar-refractivity contribution is 5.62. The maximum atomic E-state index is 5.80. The Bertz CT molecular complexity index is 405. The molecule has 2 heteroatoms. The van der Waals surface area contributed by atoms with Crippen molar-refractivity contribution in [3.8, 4) is 5.75 Å². The fourth-order valence-corrected chi connectivity index (χ4v) is 2.56. The second-order valence-electron chi connectivity index (χ2n) is 4.57. The average molecular weight is 215 g/mol. The van der Waals surface area contributed by atoms with E-state index in [9.17, 15) is 0 Å². The molecule has 3 rings (SSSR count). The van der Waals surface area contributed by atoms with Crippen LogP contribution in [0.2, 0.25) is 0 Å². The first-order valence-electron chi connectivity index (χ1n) is 6.06. The maximum absolute atomic E-state index is 5.80. The van der Waals surface area contributed by atoms with Gasteiger partial charge in [0.25, 0.3) is 0 Å². The van der Waals surface area contributed by atoms with Crippen LogP contribution in [0.4, 0.5) is 0 Å². The molecule has 1 fully saturated rings. The van der Waals surface area contributed by atoms with Crippen LogP contribution in [0.5, 0.6) is 5.75 Å². The lowest BCUT2D eigenvalue weighted by molar-refractivity contribution is 0.310. The molecule has 1 N–H and O–H groups in total. The normalized spacial score (nSPS) is 20.9. The summed E-state index contributed by atoms with van der Waals surface area (Å²) in [5.74, 6) is 1.75. The first kappa shape index (κ1) is 9.91. The van der Waals surface area contributed by atoms with Crippen molar-refractivity contribution in [3.05, 3.63) is 35.4 Å². The summed E-state index contributed by atoms with van der Waals surface area (Å²) >= 11 is 0. The van der Waals surface area contributed by atoms with E-state index in [-0.39, 0.29) is 0 Å². The van der Waals surface area contributed by atoms with Gasteiger partial charge in [0.05, 0.1) is 0 Å². The predicted molar refractivity (Wildman–Crippen MR) is 65.5 cm³/mol. The van der Waals surface area contributed by atoms with Crippen molar-refractivity contribution in [2.24, 2.45) is 5.92 Å². The van der Waals surface area contributed by atoms with E-state index < -0.39 is 0 Å². The molecular weight excluding hydrogens is 198 g/mol. The van der Waals surface area contributed by atoms with E-state index in [1.54, 1.807) is 0 Å². The minimum atomic E-state index is 0.717. The van der Waals surface area contributed by atoms with E-state index in [1.165, 1.54) is 24.0 Å². The minimum Gasteiger partial charge on any atom is -0.489 e. The molecule has 2 aliphatic heterocycles. The third-order valence-electron chi connectivity index (χ3n) is 3.52. The van der Waals surface area contributed by atoms with Crippen LogP contribution in [0, 0.1) is 5.92 Å². The largest absolute Gasteiger partial charge is 0.489 e. The lowest BCUT2D eigenvalue weighted by Crippen LogP contribution is -2.30. The first-order valence-corrected chi connectivity index (χ1v) is 6.06. The lowest BCUT2D eigenvalue weighted by Gasteiger charge is -2.28. The molecule has 16 heavy (non-hydrogen) atoms. The lowest BCUT2D eigenvalue weighted by atomic mass is 9.88. The average Bonchev–Trinajstić information content (AvgIpc) is 2.39. The summed E-state index contributed by atoms with van der Waals surface area (Å²) in [5.41, 5.74) is 2.71. The van der Waals surface area contributed by atoms with E-state index >= 15 is 0 Å². The zero-order chi connectivity index (χ0) is 10.8. The van der Waals surface area contributed by atoms with Gasteiger partial charge in [-0.25, -0.2) is 0 Å². The molecule has 1 aromatic carbocycles. The van der Waals surface area contributed by atoms with E-state index in [0.717, 1.165) is 31.4 Å². The summed E-state index contributed by atoms with van der Waals surface area (Å²) in [6.45, 7) is 3.06. The molecule has 0 aromatic heterocycles. The summed E-state index contributed by atoms with van der Waals surface area (Å²) in [5, 5.41) is 3.40. The van der Waals surface area contributed by atoms with E-state index in [1.807, 2.05) is 12.1 Å². The molecule has 0 aliphatic carbocycles. The number of fused-ring (bicyclic) bond motifs is 1. The fraction of sp³-hybridized carbons (Fsp3) is 0.429. The summed E-state index contributed by atoms with van der Waals surface area (Å²) < 4.78 is 5.80. The molecule has 0 spiro atoms. The Morgan fingerprint density at radius 3 is 2.81 bits per heavy atom. The Balaban J connectivity index is 1.85. The Kier molecular flexibility index (Phi) is 2.66. The van der Waals surface area contributed by atoms with Gasteiger partial charge in [-0.2, -0.15) is 0 Å². The summed E-state index contributed by atoms with van der Waals surface area (Å²) in [6, 6.07) is 8.28. The quantitative estimate of drug-likeness (QED) is 0.777. The standard InChI is InChI=1S/C14H17NO/c1-2-4-14-12(3-1)9-13(10-16-14)11-5-7-15-8-6-11/h1-4,9,11,15H,5-8,10H2. The molecular formula is C14H17NO. The zero-order valence-electron chi connectivity index (χ0n) is 9.41. The van der Waals surface area contributed by atoms with Gasteiger partial charge < -0.3 is 10.1 Å². The molecule has 0 amide bonds. The second-order valence-corrected chi connectivity index (χ2v) is 4.57. The molecule has 0 bridgehead atoms. The van der Waals surface area contributed by atoms with Gasteiger partial charge in [0.15, 0.2) is 0 Å². The van der Waals surface area contributed by atoms with Crippen LogP contribution in [0.25, 0.3) is 6.08 Å². The number of hydrogen-bond acceptors (Lipinski definition) is 2. The number of benzene rings is 1. The van der Waals surface area contributed by atoms with Crippen molar-refractivity contribution in [2.75, 3.05) is 19.7 Å². The van der Waals surface area contributed by atoms with Gasteiger partial charge in [0.2, 0.25) is 0 Å². The molecule has 0 saturated carbocycles. The van der Waals surface area contributed by atoms with Crippen molar-refractivity contribution in [1.29, 1.82) is 0 Å². The summed E-state index contributed by atoms with van der Waals surface area (Å²) in [7, 11) is 0. The monoisotopic (exact) mass is 215 g/mol. The highest BCUT2D eigenvalue weighted by Crippen LogP contribution is 2.31. The zero-order valence-corrected chi connectivity index (χ0v) is 9.41. The van der Waals surface area contributed by atoms with E-state index in [0.29, 0.717) is 0 Å². The van der Waals surface area contributed by atoms with Gasteiger partial charge in [-0.1, -0.05) is 18.2 Å². The van der Waals surface area contributed by atoms with Crippen LogP contribution >= 0.6 is 0 Å². The SMILES string of the molecule is C1=C(C2CCNCC2)COc2ccccc21. The predicted octanol–water partition coefficient (Wildman–Crippen LogP) is 2.46. The van der Waals surface area contributed by atoms with Gasteiger partial charge in [0, 0.05) is 5.56 Å². The molecule has 1 saturated heterocycles. The van der Waals surface area contributed by atoms with Crippen LogP contribution in [0.3, 0.4) is 0 Å². The van der Waals surface area contributed by atoms with Gasteiger partial charge in [-0.15, -0.1) is 0 Å². The highest BCUT2D eigenvalue weighted by Gasteiger charge is 2.20. The second kappa shape index (κ2) is 4.30. The van der Waals surface area contributed by atoms with Crippen molar-refractivity contribution >= 4 is 6.08 Å². The topological polar surface area (TPSA) is 21.3 Å². The summed E-state index contributed by atoms with van der Waals surface area (Å²) in [4.78, 5) is 0. The smallest absolute Gasteiger partial charge is 0.127 e. The van der Waals surface area contributed by atoms with E-state index in [4.69, 9.17) is 4.74 Å². The number of ether oxygens (including phenoxy) is 1. The molecule has 2 nitrogen and oxygen atoms in total. The van der Waals surface area contributed by atoms with Crippen LogP contribution in [-0.4, -0.2) is 19.7 Å². The fourth-order valence-electron chi connectivity index (χ4n) is 2.56. The van der Waals surface area contributed by atoms with Crippen molar-refractivity contribution in [2.45, 2.75) is 12.8 Å². The van der Waals surface area contributed by atoms with Crippen molar-refractivity contribution in [1.82, 2.24) is 5.32 Å². The van der Waals surface area contributed by atoms with Gasteiger partial charge in [0.1, 0.15) is 12.4 Å². The third-order valence-corrected chi connectivity index (χ3v) is 3.52. The number of hydrogen-bond donors (Lipinski definition) is 1. The number of piperidine rings is 1. The number of nitrogens with one attached hydrogen (secondary N) is 1. The first-order chi connectivity index (χ1) is 7.93. The van der Waals surface area contributed by atoms with Crippen molar-refractivity contribution in [3.63, 3.8) is 0 Å². The number of para-hydroxylation sites is 1. The van der Waals surface area contributed by atoms with Crippen LogP contribution in [0.1, 0.15) is 18.4 Å². The Labute approximate surface area is 96.3 Å². The third kappa shape index (κ3) is 1.85. The van der Waals surface area contributed by atoms with Crippen LogP contribution < -0.4 is 10.1 Å². The highest BCUT2D eigenvalue weighted by atomic mass is 16.5. The molecule has 2 aliphatic rings.